The predicted molar refractivity (Wildman–Crippen MR) is 128 cm³/mol. The number of aryl methyl sites for hydroxylation is 3. The molecule has 1 saturated heterocycles. The second kappa shape index (κ2) is 10.8. The largest absolute Gasteiger partial charge is 0.357 e. The van der Waals surface area contributed by atoms with E-state index in [1.165, 1.54) is 34.8 Å². The number of rotatable bonds is 8. The van der Waals surface area contributed by atoms with Crippen LogP contribution in [0.25, 0.3) is 0 Å². The average Bonchev–Trinajstić information content (AvgIpc) is 3.41. The number of thiazole rings is 1. The van der Waals surface area contributed by atoms with Crippen molar-refractivity contribution in [1.29, 1.82) is 0 Å². The number of aromatic nitrogens is 1. The molecule has 1 aromatic heterocycles. The number of amides is 1. The van der Waals surface area contributed by atoms with Gasteiger partial charge in [-0.15, -0.1) is 11.3 Å². The normalized spacial score (nSPS) is 16.5. The van der Waals surface area contributed by atoms with E-state index in [4.69, 9.17) is 9.98 Å². The highest BCUT2D eigenvalue weighted by molar-refractivity contribution is 7.11. The summed E-state index contributed by atoms with van der Waals surface area (Å²) in [6.07, 6.45) is 8.68. The maximum atomic E-state index is 11.9. The van der Waals surface area contributed by atoms with Crippen molar-refractivity contribution >= 4 is 28.9 Å². The molecule has 7 heteroatoms. The van der Waals surface area contributed by atoms with Crippen molar-refractivity contribution in [3.8, 4) is 0 Å². The third-order valence-corrected chi connectivity index (χ3v) is 7.05. The molecule has 0 saturated carbocycles. The molecule has 1 amide bonds. The molecule has 2 N–H and O–H groups in total. The third-order valence-electron chi connectivity index (χ3n) is 5.84. The average molecular weight is 440 g/mol. The monoisotopic (exact) mass is 439 g/mol. The van der Waals surface area contributed by atoms with Crippen LogP contribution in [-0.4, -0.2) is 36.5 Å². The van der Waals surface area contributed by atoms with Gasteiger partial charge in [-0.1, -0.05) is 12.1 Å². The lowest BCUT2D eigenvalue weighted by molar-refractivity contribution is -0.117. The first kappa shape index (κ1) is 21.8. The van der Waals surface area contributed by atoms with Crippen molar-refractivity contribution in [2.24, 2.45) is 4.99 Å². The Balaban J connectivity index is 1.25. The van der Waals surface area contributed by atoms with E-state index in [1.807, 2.05) is 28.4 Å². The molecule has 2 aromatic rings. The van der Waals surface area contributed by atoms with E-state index in [-0.39, 0.29) is 5.91 Å². The molecule has 2 aliphatic rings. The second-order valence-electron chi connectivity index (χ2n) is 8.23. The maximum Gasteiger partial charge on any atom is 0.227 e. The molecule has 0 bridgehead atoms. The first-order valence-electron chi connectivity index (χ1n) is 11.6. The summed E-state index contributed by atoms with van der Waals surface area (Å²) in [5.74, 6) is 1.07. The fourth-order valence-electron chi connectivity index (χ4n) is 4.17. The SMILES string of the molecule is CCNC(=NCc1ccc(N2CCCC2=O)cc1)NCCCc1nc2c(s1)CCCC2. The number of hydrogen-bond acceptors (Lipinski definition) is 4. The van der Waals surface area contributed by atoms with Crippen LogP contribution in [0.15, 0.2) is 29.3 Å². The Morgan fingerprint density at radius 2 is 1.97 bits per heavy atom. The molecule has 0 spiro atoms. The lowest BCUT2D eigenvalue weighted by Gasteiger charge is -2.16. The highest BCUT2D eigenvalue weighted by Gasteiger charge is 2.21. The molecule has 6 nitrogen and oxygen atoms in total. The number of anilines is 1. The van der Waals surface area contributed by atoms with Gasteiger partial charge < -0.3 is 15.5 Å². The van der Waals surface area contributed by atoms with Crippen molar-refractivity contribution in [3.63, 3.8) is 0 Å². The standard InChI is InChI=1S/C24H33N5OS/c1-2-25-24(26-15-5-9-22-28-20-7-3-4-8-21(20)31-22)27-17-18-11-13-19(14-12-18)29-16-6-10-23(29)30/h11-14H,2-10,15-17H2,1H3,(H2,25,26,27). The minimum absolute atomic E-state index is 0.224. The van der Waals surface area contributed by atoms with Gasteiger partial charge in [0.2, 0.25) is 5.91 Å². The van der Waals surface area contributed by atoms with E-state index in [1.54, 1.807) is 0 Å². The van der Waals surface area contributed by atoms with Crippen molar-refractivity contribution in [2.45, 2.75) is 64.8 Å². The van der Waals surface area contributed by atoms with Crippen LogP contribution in [0.3, 0.4) is 0 Å². The zero-order chi connectivity index (χ0) is 21.5. The Morgan fingerprint density at radius 1 is 1.13 bits per heavy atom. The summed E-state index contributed by atoms with van der Waals surface area (Å²) in [6.45, 7) is 5.24. The first-order valence-corrected chi connectivity index (χ1v) is 12.4. The molecule has 31 heavy (non-hydrogen) atoms. The Labute approximate surface area is 189 Å². The minimum atomic E-state index is 0.224. The van der Waals surface area contributed by atoms with Crippen LogP contribution in [-0.2, 0) is 30.6 Å². The van der Waals surface area contributed by atoms with Crippen LogP contribution in [0, 0.1) is 0 Å². The number of nitrogens with zero attached hydrogens (tertiary/aromatic N) is 3. The van der Waals surface area contributed by atoms with Gasteiger partial charge >= 0.3 is 0 Å². The summed E-state index contributed by atoms with van der Waals surface area (Å²) in [5.41, 5.74) is 3.49. The topological polar surface area (TPSA) is 69.6 Å². The van der Waals surface area contributed by atoms with E-state index in [2.05, 4.69) is 29.7 Å². The number of carbonyl (C=O) groups excluding carboxylic acids is 1. The Morgan fingerprint density at radius 3 is 2.71 bits per heavy atom. The van der Waals surface area contributed by atoms with E-state index in [0.717, 1.165) is 62.5 Å². The summed E-state index contributed by atoms with van der Waals surface area (Å²) >= 11 is 1.91. The number of carbonyl (C=O) groups is 1. The number of fused-ring (bicyclic) bond motifs is 1. The lowest BCUT2D eigenvalue weighted by atomic mass is 10.0. The van der Waals surface area contributed by atoms with Crippen LogP contribution >= 0.6 is 11.3 Å². The van der Waals surface area contributed by atoms with E-state index < -0.39 is 0 Å². The van der Waals surface area contributed by atoms with Crippen molar-refractivity contribution in [1.82, 2.24) is 15.6 Å². The van der Waals surface area contributed by atoms with Crippen molar-refractivity contribution < 1.29 is 4.79 Å². The first-order chi connectivity index (χ1) is 15.2. The van der Waals surface area contributed by atoms with Gasteiger partial charge in [0, 0.05) is 43.0 Å². The Bertz CT molecular complexity index is 882. The second-order valence-corrected chi connectivity index (χ2v) is 9.39. The molecule has 1 aliphatic heterocycles. The summed E-state index contributed by atoms with van der Waals surface area (Å²) < 4.78 is 0. The molecule has 0 radical (unpaired) electrons. The highest BCUT2D eigenvalue weighted by Crippen LogP contribution is 2.27. The van der Waals surface area contributed by atoms with Crippen molar-refractivity contribution in [3.05, 3.63) is 45.4 Å². The molecular weight excluding hydrogens is 406 g/mol. The zero-order valence-electron chi connectivity index (χ0n) is 18.5. The highest BCUT2D eigenvalue weighted by atomic mass is 32.1. The van der Waals surface area contributed by atoms with Gasteiger partial charge in [-0.05, 0) is 63.1 Å². The molecule has 0 unspecified atom stereocenters. The zero-order valence-corrected chi connectivity index (χ0v) is 19.3. The van der Waals surface area contributed by atoms with Gasteiger partial charge in [-0.25, -0.2) is 9.98 Å². The Kier molecular flexibility index (Phi) is 7.57. The van der Waals surface area contributed by atoms with Gasteiger partial charge in [0.15, 0.2) is 5.96 Å². The summed E-state index contributed by atoms with van der Waals surface area (Å²) in [7, 11) is 0. The van der Waals surface area contributed by atoms with E-state index in [0.29, 0.717) is 13.0 Å². The molecule has 1 aliphatic carbocycles. The van der Waals surface area contributed by atoms with Crippen molar-refractivity contribution in [2.75, 3.05) is 24.5 Å². The van der Waals surface area contributed by atoms with Crippen LogP contribution in [0.1, 0.15) is 60.2 Å². The van der Waals surface area contributed by atoms with Gasteiger partial charge in [0.1, 0.15) is 0 Å². The van der Waals surface area contributed by atoms with Gasteiger partial charge in [-0.3, -0.25) is 4.79 Å². The van der Waals surface area contributed by atoms with Gasteiger partial charge in [0.05, 0.1) is 17.2 Å². The van der Waals surface area contributed by atoms with Crippen LogP contribution < -0.4 is 15.5 Å². The molecule has 1 aromatic carbocycles. The molecular formula is C24H33N5OS. The lowest BCUT2D eigenvalue weighted by Crippen LogP contribution is -2.37. The van der Waals surface area contributed by atoms with E-state index >= 15 is 0 Å². The van der Waals surface area contributed by atoms with E-state index in [9.17, 15) is 4.79 Å². The summed E-state index contributed by atoms with van der Waals surface area (Å²) in [4.78, 5) is 24.9. The van der Waals surface area contributed by atoms with Gasteiger partial charge in [0.25, 0.3) is 0 Å². The predicted octanol–water partition coefficient (Wildman–Crippen LogP) is 3.84. The number of benzene rings is 1. The fourth-order valence-corrected chi connectivity index (χ4v) is 5.37. The van der Waals surface area contributed by atoms with Gasteiger partial charge in [-0.2, -0.15) is 0 Å². The number of guanidine groups is 1. The molecule has 0 atom stereocenters. The van der Waals surface area contributed by atoms with Crippen LogP contribution in [0.2, 0.25) is 0 Å². The minimum Gasteiger partial charge on any atom is -0.357 e. The number of aliphatic imine (C=N–C) groups is 1. The fraction of sp³-hybridized carbons (Fsp3) is 0.542. The van der Waals surface area contributed by atoms with Crippen LogP contribution in [0.4, 0.5) is 5.69 Å². The quantitative estimate of drug-likeness (QED) is 0.373. The summed E-state index contributed by atoms with van der Waals surface area (Å²) in [5, 5.41) is 8.06. The van der Waals surface area contributed by atoms with Crippen LogP contribution in [0.5, 0.6) is 0 Å². The summed E-state index contributed by atoms with van der Waals surface area (Å²) in [6, 6.07) is 8.20. The smallest absolute Gasteiger partial charge is 0.227 e. The number of hydrogen-bond donors (Lipinski definition) is 2. The molecule has 1 fully saturated rings. The molecule has 2 heterocycles. The Hall–Kier alpha value is -2.41. The molecule has 166 valence electrons. The number of nitrogens with one attached hydrogen (secondary N) is 2. The maximum absolute atomic E-state index is 11.9. The molecule has 4 rings (SSSR count). The third kappa shape index (κ3) is 5.85.